The molecule has 326 valence electrons. The van der Waals surface area contributed by atoms with Crippen LogP contribution >= 0.6 is 0 Å². The van der Waals surface area contributed by atoms with Gasteiger partial charge in [-0.3, -0.25) is 0 Å². The number of hydrogen-bond donors (Lipinski definition) is 0. The highest BCUT2D eigenvalue weighted by atomic mass is 16.8. The first-order chi connectivity index (χ1) is 30.7. The van der Waals surface area contributed by atoms with Gasteiger partial charge < -0.3 is 47.4 Å². The fourth-order valence-electron chi connectivity index (χ4n) is 7.58. The maximum absolute atomic E-state index is 14.1. The van der Waals surface area contributed by atoms with Gasteiger partial charge in [0.05, 0.1) is 43.6 Å². The van der Waals surface area contributed by atoms with Crippen molar-refractivity contribution >= 4 is 23.9 Å². The minimum atomic E-state index is -1.64. The molecule has 8 rings (SSSR count). The van der Waals surface area contributed by atoms with Gasteiger partial charge in [0.2, 0.25) is 0 Å². The molecule has 0 unspecified atom stereocenters. The summed E-state index contributed by atoms with van der Waals surface area (Å²) in [6.07, 6.45) is -13.2. The van der Waals surface area contributed by atoms with Crippen molar-refractivity contribution in [3.63, 3.8) is 0 Å². The number of hydrogen-bond acceptors (Lipinski definition) is 14. The standard InChI is InChI=1S/C49H46O14/c1-30-23-25-35(26-24-30)46(52)60-42-39(56-28-32-17-9-4-10-18-32)38(55-27-31-15-7-3-8-16-31)41(47(53)54-2)63-49(42)62-37-36-29-57-48(58-36)43(61-45(51)34-21-13-6-14-22-34)40(37)59-44(50)33-19-11-5-12-20-33/h3-26,36-43,48-49H,27-29H2,1-2H3/t36-,37-,38+,39+,40+,41+,42-,43-,48-,49-/m1/s1. The molecule has 3 heterocycles. The quantitative estimate of drug-likeness (QED) is 0.0867. The molecule has 0 aliphatic carbocycles. The molecular formula is C49H46O14. The maximum Gasteiger partial charge on any atom is 0.338 e. The number of carbonyl (C=O) groups is 4. The van der Waals surface area contributed by atoms with E-state index in [4.69, 9.17) is 47.4 Å². The number of benzene rings is 5. The van der Waals surface area contributed by atoms with Crippen LogP contribution in [0.3, 0.4) is 0 Å². The number of ether oxygens (including phenoxy) is 10. The highest BCUT2D eigenvalue weighted by molar-refractivity contribution is 5.91. The Morgan fingerprint density at radius 1 is 0.524 bits per heavy atom. The molecule has 10 atom stereocenters. The van der Waals surface area contributed by atoms with E-state index in [1.165, 1.54) is 7.11 Å². The van der Waals surface area contributed by atoms with Crippen LogP contribution in [0, 0.1) is 6.92 Å². The zero-order valence-corrected chi connectivity index (χ0v) is 34.5. The van der Waals surface area contributed by atoms with E-state index in [-0.39, 0.29) is 36.5 Å². The molecule has 0 amide bonds. The summed E-state index contributed by atoms with van der Waals surface area (Å²) in [6, 6.07) is 41.8. The largest absolute Gasteiger partial charge is 0.467 e. The van der Waals surface area contributed by atoms with Gasteiger partial charge >= 0.3 is 23.9 Å². The van der Waals surface area contributed by atoms with Gasteiger partial charge in [-0.25, -0.2) is 19.2 Å². The van der Waals surface area contributed by atoms with Crippen LogP contribution in [0.5, 0.6) is 0 Å². The molecule has 3 saturated heterocycles. The van der Waals surface area contributed by atoms with Gasteiger partial charge in [0, 0.05) is 0 Å². The van der Waals surface area contributed by atoms with E-state index in [1.54, 1.807) is 84.9 Å². The van der Waals surface area contributed by atoms with Gasteiger partial charge in [0.25, 0.3) is 0 Å². The molecule has 5 aromatic rings. The first kappa shape index (κ1) is 43.4. The third-order valence-electron chi connectivity index (χ3n) is 10.8. The van der Waals surface area contributed by atoms with Crippen molar-refractivity contribution in [3.05, 3.63) is 179 Å². The van der Waals surface area contributed by atoms with Crippen LogP contribution in [-0.4, -0.2) is 99.0 Å². The van der Waals surface area contributed by atoms with Gasteiger partial charge in [-0.2, -0.15) is 0 Å². The SMILES string of the molecule is COC(=O)[C@H]1O[C@@H](O[C@H]2[C@H](OC(=O)c3ccccc3)[C@@H](OC(=O)c3ccccc3)[C@@H]3OC[C@H]2O3)[C@H](OC(=O)c2ccc(C)cc2)[C@@H](OCc2ccccc2)[C@@H]1OCc1ccccc1. The Labute approximate surface area is 363 Å². The van der Waals surface area contributed by atoms with Gasteiger partial charge in [-0.1, -0.05) is 115 Å². The molecule has 14 nitrogen and oxygen atoms in total. The van der Waals surface area contributed by atoms with Crippen molar-refractivity contribution in [3.8, 4) is 0 Å². The van der Waals surface area contributed by atoms with Crippen LogP contribution < -0.4 is 0 Å². The predicted molar refractivity (Wildman–Crippen MR) is 222 cm³/mol. The summed E-state index contributed by atoms with van der Waals surface area (Å²) < 4.78 is 62.4. The van der Waals surface area contributed by atoms with Crippen molar-refractivity contribution in [1.82, 2.24) is 0 Å². The Bertz CT molecular complexity index is 2290. The molecule has 0 saturated carbocycles. The minimum Gasteiger partial charge on any atom is -0.467 e. The summed E-state index contributed by atoms with van der Waals surface area (Å²) in [5.41, 5.74) is 3.12. The number of esters is 4. The van der Waals surface area contributed by atoms with E-state index >= 15 is 0 Å². The summed E-state index contributed by atoms with van der Waals surface area (Å²) >= 11 is 0. The minimum absolute atomic E-state index is 0.00456. The average Bonchev–Trinajstić information content (AvgIpc) is 3.77. The van der Waals surface area contributed by atoms with Gasteiger partial charge in [0.15, 0.2) is 37.0 Å². The molecule has 3 fully saturated rings. The second-order valence-electron chi connectivity index (χ2n) is 15.2. The number of aryl methyl sites for hydroxylation is 1. The molecular weight excluding hydrogens is 813 g/mol. The summed E-state index contributed by atoms with van der Waals surface area (Å²) in [4.78, 5) is 55.4. The van der Waals surface area contributed by atoms with Crippen LogP contribution in [0.4, 0.5) is 0 Å². The molecule has 2 bridgehead atoms. The Morgan fingerprint density at radius 3 is 1.54 bits per heavy atom. The van der Waals surface area contributed by atoms with E-state index in [2.05, 4.69) is 0 Å². The van der Waals surface area contributed by atoms with E-state index in [0.29, 0.717) is 0 Å². The highest BCUT2D eigenvalue weighted by Gasteiger charge is 2.59. The zero-order chi connectivity index (χ0) is 43.7. The zero-order valence-electron chi connectivity index (χ0n) is 34.5. The summed E-state index contributed by atoms with van der Waals surface area (Å²) in [5, 5.41) is 0. The average molecular weight is 859 g/mol. The number of fused-ring (bicyclic) bond motifs is 2. The molecule has 14 heteroatoms. The second-order valence-corrected chi connectivity index (χ2v) is 15.2. The third kappa shape index (κ3) is 10.3. The molecule has 0 radical (unpaired) electrons. The first-order valence-electron chi connectivity index (χ1n) is 20.5. The molecule has 3 aliphatic rings. The molecule has 0 N–H and O–H groups in total. The summed E-state index contributed by atoms with van der Waals surface area (Å²) in [6.45, 7) is 1.82. The Kier molecular flexibility index (Phi) is 14.0. The monoisotopic (exact) mass is 858 g/mol. The number of methoxy groups -OCH3 is 1. The highest BCUT2D eigenvalue weighted by Crippen LogP contribution is 2.39. The lowest BCUT2D eigenvalue weighted by Gasteiger charge is -2.47. The first-order valence-corrected chi connectivity index (χ1v) is 20.5. The molecule has 63 heavy (non-hydrogen) atoms. The van der Waals surface area contributed by atoms with E-state index in [1.807, 2.05) is 67.6 Å². The Hall–Kier alpha value is -6.26. The van der Waals surface area contributed by atoms with Crippen LogP contribution in [0.15, 0.2) is 146 Å². The van der Waals surface area contributed by atoms with Gasteiger partial charge in [-0.15, -0.1) is 0 Å². The Balaban J connectivity index is 1.19. The lowest BCUT2D eigenvalue weighted by molar-refractivity contribution is -0.339. The molecule has 0 spiro atoms. The van der Waals surface area contributed by atoms with Crippen molar-refractivity contribution in [2.75, 3.05) is 13.7 Å². The smallest absolute Gasteiger partial charge is 0.338 e. The molecule has 5 aromatic carbocycles. The number of rotatable bonds is 15. The lowest BCUT2D eigenvalue weighted by Crippen LogP contribution is -2.66. The van der Waals surface area contributed by atoms with Crippen LogP contribution in [0.2, 0.25) is 0 Å². The van der Waals surface area contributed by atoms with Crippen LogP contribution in [0.25, 0.3) is 0 Å². The maximum atomic E-state index is 14.1. The normalized spacial score (nSPS) is 26.3. The van der Waals surface area contributed by atoms with Gasteiger partial charge in [0.1, 0.15) is 24.4 Å². The van der Waals surface area contributed by atoms with Crippen molar-refractivity contribution in [2.45, 2.75) is 81.5 Å². The lowest BCUT2D eigenvalue weighted by atomic mass is 9.96. The number of carbonyl (C=O) groups excluding carboxylic acids is 4. The van der Waals surface area contributed by atoms with Crippen LogP contribution in [-0.2, 0) is 65.4 Å². The van der Waals surface area contributed by atoms with Crippen molar-refractivity contribution < 1.29 is 66.5 Å². The third-order valence-corrected chi connectivity index (χ3v) is 10.8. The van der Waals surface area contributed by atoms with Gasteiger partial charge in [-0.05, 0) is 54.4 Å². The van der Waals surface area contributed by atoms with E-state index < -0.39 is 85.3 Å². The topological polar surface area (TPSA) is 161 Å². The second kappa shape index (κ2) is 20.3. The van der Waals surface area contributed by atoms with E-state index in [9.17, 15) is 19.2 Å². The molecule has 3 aliphatic heterocycles. The van der Waals surface area contributed by atoms with Crippen LogP contribution in [0.1, 0.15) is 47.8 Å². The predicted octanol–water partition coefficient (Wildman–Crippen LogP) is 6.18. The van der Waals surface area contributed by atoms with E-state index in [0.717, 1.165) is 16.7 Å². The molecule has 0 aromatic heterocycles. The fourth-order valence-corrected chi connectivity index (χ4v) is 7.58. The van der Waals surface area contributed by atoms with Crippen molar-refractivity contribution in [2.24, 2.45) is 0 Å². The summed E-state index contributed by atoms with van der Waals surface area (Å²) in [5.74, 6) is -3.08. The fraction of sp³-hybridized carbons (Fsp3) is 0.306. The Morgan fingerprint density at radius 2 is 1.00 bits per heavy atom. The van der Waals surface area contributed by atoms with Crippen molar-refractivity contribution in [1.29, 1.82) is 0 Å². The summed E-state index contributed by atoms with van der Waals surface area (Å²) in [7, 11) is 1.20.